The summed E-state index contributed by atoms with van der Waals surface area (Å²) in [5.41, 5.74) is 2.52. The largest absolute Gasteiger partial charge is 0.497 e. The maximum Gasteiger partial charge on any atom is 0.278 e. The normalized spacial score (nSPS) is 10.6. The fourth-order valence-electron chi connectivity index (χ4n) is 3.50. The Hall–Kier alpha value is -4.46. The quantitative estimate of drug-likeness (QED) is 0.343. The van der Waals surface area contributed by atoms with Gasteiger partial charge in [0.15, 0.2) is 0 Å². The Morgan fingerprint density at radius 1 is 1.00 bits per heavy atom. The zero-order chi connectivity index (χ0) is 22.7. The molecule has 0 radical (unpaired) electrons. The van der Waals surface area contributed by atoms with Gasteiger partial charge in [-0.2, -0.15) is 5.10 Å². The number of hydrogen-bond donors (Lipinski definition) is 1. The van der Waals surface area contributed by atoms with Crippen LogP contribution in [-0.4, -0.2) is 27.7 Å². The van der Waals surface area contributed by atoms with E-state index in [1.54, 1.807) is 61.2 Å². The van der Waals surface area contributed by atoms with Crippen LogP contribution in [0.25, 0.3) is 16.9 Å². The minimum atomic E-state index is -0.460. The molecule has 0 aliphatic heterocycles. The Bertz CT molecular complexity index is 1280. The fraction of sp³-hybridized carbons (Fsp3) is 0.0833. The van der Waals surface area contributed by atoms with Crippen molar-refractivity contribution >= 4 is 17.3 Å². The van der Waals surface area contributed by atoms with E-state index in [1.165, 1.54) is 6.07 Å². The van der Waals surface area contributed by atoms with Crippen molar-refractivity contribution in [1.29, 1.82) is 0 Å². The van der Waals surface area contributed by atoms with Crippen LogP contribution in [0.5, 0.6) is 5.75 Å². The highest BCUT2D eigenvalue weighted by Gasteiger charge is 2.28. The molecular weight excluding hydrogens is 408 g/mol. The number of anilines is 1. The molecule has 0 unspecified atom stereocenters. The highest BCUT2D eigenvalue weighted by molar-refractivity contribution is 6.09. The number of aromatic nitrogens is 2. The first-order valence-electron chi connectivity index (χ1n) is 9.84. The summed E-state index contributed by atoms with van der Waals surface area (Å²) in [6, 6.07) is 22.4. The van der Waals surface area contributed by atoms with Gasteiger partial charge in [-0.1, -0.05) is 30.3 Å². The number of methoxy groups -OCH3 is 1. The van der Waals surface area contributed by atoms with Crippen LogP contribution < -0.4 is 10.1 Å². The first kappa shape index (κ1) is 20.8. The average Bonchev–Trinajstić information content (AvgIpc) is 3.17. The van der Waals surface area contributed by atoms with Crippen LogP contribution in [-0.2, 0) is 0 Å². The van der Waals surface area contributed by atoms with Gasteiger partial charge in [0, 0.05) is 11.8 Å². The lowest BCUT2D eigenvalue weighted by molar-refractivity contribution is -0.384. The molecule has 8 nitrogen and oxygen atoms in total. The van der Waals surface area contributed by atoms with Gasteiger partial charge in [-0.3, -0.25) is 14.9 Å². The highest BCUT2D eigenvalue weighted by Crippen LogP contribution is 2.35. The van der Waals surface area contributed by atoms with Crippen molar-refractivity contribution in [3.8, 4) is 22.7 Å². The SMILES string of the molecule is COc1ccc(NC(=O)c2c(C)nn(-c3ccccc3)c2-c2ccccc2[N+](=O)[O-])cc1. The van der Waals surface area contributed by atoms with Crippen LogP contribution in [0, 0.1) is 17.0 Å². The van der Waals surface area contributed by atoms with Gasteiger partial charge in [0.05, 0.1) is 40.2 Å². The predicted octanol–water partition coefficient (Wildman–Crippen LogP) is 5.02. The second-order valence-corrected chi connectivity index (χ2v) is 7.01. The molecule has 0 fully saturated rings. The average molecular weight is 428 g/mol. The summed E-state index contributed by atoms with van der Waals surface area (Å²) < 4.78 is 6.72. The second-order valence-electron chi connectivity index (χ2n) is 7.01. The zero-order valence-electron chi connectivity index (χ0n) is 17.5. The maximum atomic E-state index is 13.3. The van der Waals surface area contributed by atoms with Gasteiger partial charge in [-0.15, -0.1) is 0 Å². The number of carbonyl (C=O) groups excluding carboxylic acids is 1. The fourth-order valence-corrected chi connectivity index (χ4v) is 3.50. The number of nitro benzene ring substituents is 1. The minimum Gasteiger partial charge on any atom is -0.497 e. The third-order valence-corrected chi connectivity index (χ3v) is 4.99. The van der Waals surface area contributed by atoms with Gasteiger partial charge in [0.2, 0.25) is 0 Å². The lowest BCUT2D eigenvalue weighted by Gasteiger charge is -2.11. The number of benzene rings is 3. The van der Waals surface area contributed by atoms with Gasteiger partial charge in [0.25, 0.3) is 11.6 Å². The standard InChI is InChI=1S/C24H20N4O4/c1-16-22(24(29)25-17-12-14-19(32-2)15-13-17)23(20-10-6-7-11-21(20)28(30)31)27(26-16)18-8-4-3-5-9-18/h3-15H,1-2H3,(H,25,29). The number of aryl methyl sites for hydroxylation is 1. The Morgan fingerprint density at radius 3 is 2.31 bits per heavy atom. The molecule has 8 heteroatoms. The Labute approximate surface area is 184 Å². The third-order valence-electron chi connectivity index (χ3n) is 4.99. The van der Waals surface area contributed by atoms with Gasteiger partial charge < -0.3 is 10.1 Å². The molecule has 1 aromatic heterocycles. The van der Waals surface area contributed by atoms with Crippen LogP contribution in [0.3, 0.4) is 0 Å². The Balaban J connectivity index is 1.88. The first-order chi connectivity index (χ1) is 15.5. The number of carbonyl (C=O) groups is 1. The van der Waals surface area contributed by atoms with Gasteiger partial charge in [0.1, 0.15) is 5.75 Å². The molecule has 0 spiro atoms. The van der Waals surface area contributed by atoms with Crippen molar-refractivity contribution in [3.05, 3.63) is 100 Å². The molecule has 0 saturated heterocycles. The molecule has 4 rings (SSSR count). The number of para-hydroxylation sites is 2. The van der Waals surface area contributed by atoms with Crippen molar-refractivity contribution in [1.82, 2.24) is 9.78 Å². The van der Waals surface area contributed by atoms with E-state index in [2.05, 4.69) is 10.4 Å². The summed E-state index contributed by atoms with van der Waals surface area (Å²) in [7, 11) is 1.56. The molecular formula is C24H20N4O4. The van der Waals surface area contributed by atoms with E-state index in [0.717, 1.165) is 0 Å². The van der Waals surface area contributed by atoms with E-state index >= 15 is 0 Å². The van der Waals surface area contributed by atoms with Crippen molar-refractivity contribution in [3.63, 3.8) is 0 Å². The predicted molar refractivity (Wildman–Crippen MR) is 121 cm³/mol. The molecule has 1 amide bonds. The van der Waals surface area contributed by atoms with Crippen molar-refractivity contribution < 1.29 is 14.5 Å². The molecule has 32 heavy (non-hydrogen) atoms. The summed E-state index contributed by atoms with van der Waals surface area (Å²) in [6.07, 6.45) is 0. The Kier molecular flexibility index (Phi) is 5.67. The van der Waals surface area contributed by atoms with E-state index in [4.69, 9.17) is 4.74 Å². The summed E-state index contributed by atoms with van der Waals surface area (Å²) >= 11 is 0. The molecule has 1 heterocycles. The van der Waals surface area contributed by atoms with Crippen LogP contribution in [0.15, 0.2) is 78.9 Å². The summed E-state index contributed by atoms with van der Waals surface area (Å²) in [6.45, 7) is 1.71. The van der Waals surface area contributed by atoms with E-state index in [9.17, 15) is 14.9 Å². The summed E-state index contributed by atoms with van der Waals surface area (Å²) in [5, 5.41) is 19.2. The van der Waals surface area contributed by atoms with E-state index in [1.807, 2.05) is 30.3 Å². The molecule has 0 aliphatic rings. The molecule has 4 aromatic rings. The van der Waals surface area contributed by atoms with Gasteiger partial charge >= 0.3 is 0 Å². The van der Waals surface area contributed by atoms with Crippen LogP contribution in [0.1, 0.15) is 16.1 Å². The van der Waals surface area contributed by atoms with Gasteiger partial charge in [-0.25, -0.2) is 4.68 Å². The van der Waals surface area contributed by atoms with Crippen molar-refractivity contribution in [2.75, 3.05) is 12.4 Å². The lowest BCUT2D eigenvalue weighted by Crippen LogP contribution is -2.14. The molecule has 1 N–H and O–H groups in total. The number of ether oxygens (including phenoxy) is 1. The molecule has 3 aromatic carbocycles. The first-order valence-corrected chi connectivity index (χ1v) is 9.84. The summed E-state index contributed by atoms with van der Waals surface area (Å²) in [5.74, 6) is 0.250. The number of nitro groups is 1. The number of nitrogens with zero attached hydrogens (tertiary/aromatic N) is 3. The van der Waals surface area contributed by atoms with Crippen molar-refractivity contribution in [2.45, 2.75) is 6.92 Å². The van der Waals surface area contributed by atoms with E-state index in [0.29, 0.717) is 34.1 Å². The topological polar surface area (TPSA) is 99.3 Å². The monoisotopic (exact) mass is 428 g/mol. The lowest BCUT2D eigenvalue weighted by atomic mass is 10.0. The molecule has 0 aliphatic carbocycles. The van der Waals surface area contributed by atoms with E-state index in [-0.39, 0.29) is 11.3 Å². The maximum absolute atomic E-state index is 13.3. The van der Waals surface area contributed by atoms with E-state index < -0.39 is 10.8 Å². The van der Waals surface area contributed by atoms with Crippen LogP contribution in [0.2, 0.25) is 0 Å². The highest BCUT2D eigenvalue weighted by atomic mass is 16.6. The summed E-state index contributed by atoms with van der Waals surface area (Å²) in [4.78, 5) is 24.6. The smallest absolute Gasteiger partial charge is 0.278 e. The number of hydrogen-bond acceptors (Lipinski definition) is 5. The zero-order valence-corrected chi connectivity index (χ0v) is 17.5. The number of amides is 1. The molecule has 0 saturated carbocycles. The third kappa shape index (κ3) is 3.93. The van der Waals surface area contributed by atoms with Gasteiger partial charge in [-0.05, 0) is 49.4 Å². The minimum absolute atomic E-state index is 0.108. The number of rotatable bonds is 6. The Morgan fingerprint density at radius 2 is 1.66 bits per heavy atom. The van der Waals surface area contributed by atoms with Crippen LogP contribution >= 0.6 is 0 Å². The second kappa shape index (κ2) is 8.73. The number of nitrogens with one attached hydrogen (secondary N) is 1. The van der Waals surface area contributed by atoms with Crippen molar-refractivity contribution in [2.24, 2.45) is 0 Å². The molecule has 160 valence electrons. The molecule has 0 atom stereocenters. The molecule has 0 bridgehead atoms. The van der Waals surface area contributed by atoms with Crippen LogP contribution in [0.4, 0.5) is 11.4 Å².